The van der Waals surface area contributed by atoms with Gasteiger partial charge in [0, 0.05) is 18.8 Å². The summed E-state index contributed by atoms with van der Waals surface area (Å²) in [5, 5.41) is 4.33. The summed E-state index contributed by atoms with van der Waals surface area (Å²) in [4.78, 5) is 4.56. The van der Waals surface area contributed by atoms with Crippen molar-refractivity contribution in [3.8, 4) is 0 Å². The molecule has 156 valence electrons. The van der Waals surface area contributed by atoms with Crippen LogP contribution < -0.4 is 4.31 Å². The van der Waals surface area contributed by atoms with Crippen molar-refractivity contribution in [2.45, 2.75) is 25.1 Å². The van der Waals surface area contributed by atoms with Crippen molar-refractivity contribution >= 4 is 50.4 Å². The molecule has 6 nitrogen and oxygen atoms in total. The van der Waals surface area contributed by atoms with E-state index in [9.17, 15) is 8.42 Å². The third-order valence-corrected chi connectivity index (χ3v) is 8.15. The first kappa shape index (κ1) is 20.9. The summed E-state index contributed by atoms with van der Waals surface area (Å²) in [7, 11) is -2.30. The van der Waals surface area contributed by atoms with Crippen LogP contribution in [0.3, 0.4) is 0 Å². The highest BCUT2D eigenvalue weighted by Gasteiger charge is 2.44. The lowest BCUT2D eigenvalue weighted by atomic mass is 9.99. The van der Waals surface area contributed by atoms with Crippen LogP contribution in [0.15, 0.2) is 59.6 Å². The van der Waals surface area contributed by atoms with Gasteiger partial charge in [0.25, 0.3) is 0 Å². The van der Waals surface area contributed by atoms with E-state index >= 15 is 0 Å². The second-order valence-corrected chi connectivity index (χ2v) is 10.1. The standard InChI is InChI=1S/C21H20Cl2N4O2S/c1-13-11-19-24-14(2)21(30(28,29)26(3)16-7-5-4-6-8-16)20(27(19)25-13)15-9-10-17(22)18(23)12-15/h4-12,20-21H,1-3H3. The number of halogens is 2. The molecule has 0 aliphatic carbocycles. The second kappa shape index (κ2) is 7.72. The summed E-state index contributed by atoms with van der Waals surface area (Å²) in [5.74, 6) is 0.606. The zero-order chi connectivity index (χ0) is 21.6. The molecular weight excluding hydrogens is 443 g/mol. The number of hydrogen-bond donors (Lipinski definition) is 0. The lowest BCUT2D eigenvalue weighted by Gasteiger charge is -2.34. The predicted molar refractivity (Wildman–Crippen MR) is 122 cm³/mol. The number of aromatic nitrogens is 2. The van der Waals surface area contributed by atoms with Gasteiger partial charge in [-0.3, -0.25) is 4.31 Å². The molecule has 0 amide bonds. The van der Waals surface area contributed by atoms with Crippen molar-refractivity contribution in [3.63, 3.8) is 0 Å². The molecule has 4 rings (SSSR count). The highest BCUT2D eigenvalue weighted by Crippen LogP contribution is 2.39. The van der Waals surface area contributed by atoms with E-state index in [1.54, 1.807) is 61.1 Å². The molecule has 2 atom stereocenters. The van der Waals surface area contributed by atoms with Gasteiger partial charge in [-0.1, -0.05) is 47.5 Å². The Kier molecular flexibility index (Phi) is 5.38. The fourth-order valence-electron chi connectivity index (χ4n) is 3.74. The van der Waals surface area contributed by atoms with E-state index in [4.69, 9.17) is 23.2 Å². The Hall–Kier alpha value is -2.35. The van der Waals surface area contributed by atoms with Gasteiger partial charge in [-0.2, -0.15) is 5.10 Å². The maximum absolute atomic E-state index is 13.8. The lowest BCUT2D eigenvalue weighted by molar-refractivity contribution is 0.508. The molecule has 9 heteroatoms. The van der Waals surface area contributed by atoms with Crippen LogP contribution in [0.1, 0.15) is 24.2 Å². The zero-order valence-corrected chi connectivity index (χ0v) is 18.9. The number of hydrogen-bond acceptors (Lipinski definition) is 4. The molecule has 2 aromatic carbocycles. The molecule has 0 bridgehead atoms. The van der Waals surface area contributed by atoms with Crippen LogP contribution in [0.2, 0.25) is 10.0 Å². The Morgan fingerprint density at radius 1 is 1.00 bits per heavy atom. The smallest absolute Gasteiger partial charge is 0.245 e. The van der Waals surface area contributed by atoms with E-state index in [0.29, 0.717) is 32.8 Å². The Bertz CT molecular complexity index is 1240. The van der Waals surface area contributed by atoms with E-state index in [2.05, 4.69) is 10.1 Å². The molecule has 1 aliphatic heterocycles. The van der Waals surface area contributed by atoms with Crippen LogP contribution in [0.5, 0.6) is 0 Å². The number of benzene rings is 2. The highest BCUT2D eigenvalue weighted by molar-refractivity contribution is 7.94. The summed E-state index contributed by atoms with van der Waals surface area (Å²) in [6.07, 6.45) is 0. The molecule has 2 heterocycles. The summed E-state index contributed by atoms with van der Waals surface area (Å²) < 4.78 is 30.5. The molecule has 1 aromatic heterocycles. The number of fused-ring (bicyclic) bond motifs is 1. The van der Waals surface area contributed by atoms with Gasteiger partial charge in [-0.15, -0.1) is 0 Å². The van der Waals surface area contributed by atoms with Crippen LogP contribution in [0, 0.1) is 6.92 Å². The minimum Gasteiger partial charge on any atom is -0.273 e. The normalized spacial score (nSPS) is 18.6. The lowest BCUT2D eigenvalue weighted by Crippen LogP contribution is -2.47. The molecule has 0 spiro atoms. The van der Waals surface area contributed by atoms with E-state index in [-0.39, 0.29) is 0 Å². The van der Waals surface area contributed by atoms with Crippen LogP contribution in [-0.2, 0) is 10.0 Å². The molecule has 3 aromatic rings. The predicted octanol–water partition coefficient (Wildman–Crippen LogP) is 5.03. The fourth-order valence-corrected chi connectivity index (χ4v) is 5.88. The Balaban J connectivity index is 1.90. The van der Waals surface area contributed by atoms with Crippen molar-refractivity contribution in [3.05, 3.63) is 75.9 Å². The number of sulfonamides is 1. The van der Waals surface area contributed by atoms with E-state index in [1.807, 2.05) is 19.1 Å². The van der Waals surface area contributed by atoms with Gasteiger partial charge in [0.1, 0.15) is 11.3 Å². The van der Waals surface area contributed by atoms with E-state index < -0.39 is 21.3 Å². The molecule has 1 aliphatic rings. The topological polar surface area (TPSA) is 67.6 Å². The summed E-state index contributed by atoms with van der Waals surface area (Å²) in [5.41, 5.74) is 2.50. The largest absolute Gasteiger partial charge is 0.273 e. The maximum Gasteiger partial charge on any atom is 0.245 e. The fraction of sp³-hybridized carbons (Fsp3) is 0.238. The van der Waals surface area contributed by atoms with Crippen molar-refractivity contribution in [2.75, 3.05) is 11.4 Å². The number of aliphatic imine (C=N–C) groups is 1. The maximum atomic E-state index is 13.8. The van der Waals surface area contributed by atoms with E-state index in [1.165, 1.54) is 4.31 Å². The molecule has 0 saturated carbocycles. The third kappa shape index (κ3) is 3.51. The van der Waals surface area contributed by atoms with Gasteiger partial charge in [0.2, 0.25) is 10.0 Å². The highest BCUT2D eigenvalue weighted by atomic mass is 35.5. The van der Waals surface area contributed by atoms with Gasteiger partial charge in [-0.25, -0.2) is 18.1 Å². The van der Waals surface area contributed by atoms with Crippen molar-refractivity contribution in [1.29, 1.82) is 0 Å². The molecule has 0 N–H and O–H groups in total. The van der Waals surface area contributed by atoms with Crippen molar-refractivity contribution < 1.29 is 8.42 Å². The average molecular weight is 463 g/mol. The van der Waals surface area contributed by atoms with Crippen LogP contribution in [-0.4, -0.2) is 36.2 Å². The van der Waals surface area contributed by atoms with Gasteiger partial charge in [0.15, 0.2) is 5.82 Å². The Labute approximate surface area is 185 Å². The average Bonchev–Trinajstić information content (AvgIpc) is 3.08. The first-order valence-electron chi connectivity index (χ1n) is 9.29. The number of rotatable bonds is 4. The molecule has 0 saturated heterocycles. The molecule has 2 unspecified atom stereocenters. The SMILES string of the molecule is CC1=Nc2cc(C)nn2C(c2ccc(Cl)c(Cl)c2)C1S(=O)(=O)N(C)c1ccccc1. The number of aryl methyl sites for hydroxylation is 1. The van der Waals surface area contributed by atoms with Crippen molar-refractivity contribution in [2.24, 2.45) is 4.99 Å². The summed E-state index contributed by atoms with van der Waals surface area (Å²) >= 11 is 12.4. The summed E-state index contributed by atoms with van der Waals surface area (Å²) in [6, 6.07) is 15.3. The third-order valence-electron chi connectivity index (χ3n) is 5.20. The summed E-state index contributed by atoms with van der Waals surface area (Å²) in [6.45, 7) is 3.58. The van der Waals surface area contributed by atoms with Gasteiger partial charge in [-0.05, 0) is 43.7 Å². The Morgan fingerprint density at radius 3 is 2.37 bits per heavy atom. The molecule has 0 radical (unpaired) electrons. The first-order chi connectivity index (χ1) is 14.2. The van der Waals surface area contributed by atoms with Crippen molar-refractivity contribution in [1.82, 2.24) is 9.78 Å². The number of para-hydroxylation sites is 1. The number of anilines is 1. The zero-order valence-electron chi connectivity index (χ0n) is 16.6. The second-order valence-electron chi connectivity index (χ2n) is 7.23. The van der Waals surface area contributed by atoms with Crippen LogP contribution in [0.25, 0.3) is 0 Å². The van der Waals surface area contributed by atoms with Crippen LogP contribution in [0.4, 0.5) is 11.5 Å². The van der Waals surface area contributed by atoms with Gasteiger partial charge in [0.05, 0.1) is 21.4 Å². The van der Waals surface area contributed by atoms with Gasteiger partial charge < -0.3 is 0 Å². The van der Waals surface area contributed by atoms with Crippen LogP contribution >= 0.6 is 23.2 Å². The Morgan fingerprint density at radius 2 is 1.70 bits per heavy atom. The number of nitrogens with zero attached hydrogens (tertiary/aromatic N) is 4. The quantitative estimate of drug-likeness (QED) is 0.545. The minimum atomic E-state index is -3.85. The van der Waals surface area contributed by atoms with Gasteiger partial charge >= 0.3 is 0 Å². The molecular formula is C21H20Cl2N4O2S. The monoisotopic (exact) mass is 462 g/mol. The van der Waals surface area contributed by atoms with E-state index in [0.717, 1.165) is 5.69 Å². The first-order valence-corrected chi connectivity index (χ1v) is 11.5. The molecule has 0 fully saturated rings. The molecule has 30 heavy (non-hydrogen) atoms. The minimum absolute atomic E-state index is 0.354.